The highest BCUT2D eigenvalue weighted by molar-refractivity contribution is 7.67. The predicted molar refractivity (Wildman–Crippen MR) is 100.0 cm³/mol. The molecular formula is C20H20O3P+. The molecule has 3 aromatic rings. The van der Waals surface area contributed by atoms with E-state index in [1.807, 2.05) is 68.4 Å². The van der Waals surface area contributed by atoms with Gasteiger partial charge in [0.25, 0.3) is 0 Å². The second-order valence-electron chi connectivity index (χ2n) is 5.90. The van der Waals surface area contributed by atoms with Gasteiger partial charge < -0.3 is 0 Å². The minimum atomic E-state index is -4.15. The molecule has 0 saturated carbocycles. The second kappa shape index (κ2) is 6.46. The van der Waals surface area contributed by atoms with Gasteiger partial charge in [-0.2, -0.15) is 14.7 Å². The molecule has 0 heterocycles. The van der Waals surface area contributed by atoms with Crippen LogP contribution in [0.4, 0.5) is 0 Å². The lowest BCUT2D eigenvalue weighted by atomic mass is 9.90. The molecule has 3 nitrogen and oxygen atoms in total. The molecule has 24 heavy (non-hydrogen) atoms. The normalized spacial score (nSPS) is 11.5. The molecule has 0 aliphatic carbocycles. The van der Waals surface area contributed by atoms with E-state index < -0.39 is 7.94 Å². The molecular weight excluding hydrogens is 319 g/mol. The van der Waals surface area contributed by atoms with Gasteiger partial charge in [-0.3, -0.25) is 0 Å². The highest BCUT2D eigenvalue weighted by Crippen LogP contribution is 2.48. The van der Waals surface area contributed by atoms with Crippen LogP contribution in [0.15, 0.2) is 66.7 Å². The molecule has 0 atom stereocenters. The third-order valence-electron chi connectivity index (χ3n) is 4.22. The molecule has 3 rings (SSSR count). The number of benzene rings is 3. The summed E-state index contributed by atoms with van der Waals surface area (Å²) in [6.07, 6.45) is 0. The average molecular weight is 339 g/mol. The molecule has 3 aromatic carbocycles. The van der Waals surface area contributed by atoms with E-state index >= 15 is 0 Å². The van der Waals surface area contributed by atoms with Crippen LogP contribution in [0, 0.1) is 13.8 Å². The summed E-state index contributed by atoms with van der Waals surface area (Å²) in [6, 6.07) is 21.0. The highest BCUT2D eigenvalue weighted by Gasteiger charge is 2.38. The SMILES string of the molecule is Cc1ccccc1-c1cccc([P+](O)(O)O)c1-c1ccccc1C. The Balaban J connectivity index is 2.40. The lowest BCUT2D eigenvalue weighted by Crippen LogP contribution is -2.14. The summed E-state index contributed by atoms with van der Waals surface area (Å²) in [7, 11) is -4.15. The van der Waals surface area contributed by atoms with Crippen molar-refractivity contribution in [3.8, 4) is 22.3 Å². The minimum Gasteiger partial charge on any atom is -0.189 e. The summed E-state index contributed by atoms with van der Waals surface area (Å²) in [6.45, 7) is 3.99. The number of hydrogen-bond donors (Lipinski definition) is 3. The minimum absolute atomic E-state index is 0.178. The van der Waals surface area contributed by atoms with Gasteiger partial charge in [0.1, 0.15) is 0 Å². The van der Waals surface area contributed by atoms with Crippen molar-refractivity contribution < 1.29 is 14.7 Å². The van der Waals surface area contributed by atoms with Crippen molar-refractivity contribution in [3.63, 3.8) is 0 Å². The Morgan fingerprint density at radius 3 is 1.62 bits per heavy atom. The fraction of sp³-hybridized carbons (Fsp3) is 0.100. The Hall–Kier alpha value is -2.03. The maximum atomic E-state index is 9.98. The van der Waals surface area contributed by atoms with Gasteiger partial charge >= 0.3 is 7.94 Å². The third kappa shape index (κ3) is 3.12. The molecule has 0 spiro atoms. The first-order chi connectivity index (χ1) is 11.4. The zero-order valence-electron chi connectivity index (χ0n) is 13.6. The van der Waals surface area contributed by atoms with Crippen LogP contribution < -0.4 is 5.30 Å². The number of rotatable bonds is 3. The van der Waals surface area contributed by atoms with Gasteiger partial charge in [0, 0.05) is 5.56 Å². The van der Waals surface area contributed by atoms with E-state index in [0.717, 1.165) is 27.8 Å². The molecule has 0 bridgehead atoms. The summed E-state index contributed by atoms with van der Waals surface area (Å²) < 4.78 is 0. The van der Waals surface area contributed by atoms with Crippen LogP contribution >= 0.6 is 7.94 Å². The van der Waals surface area contributed by atoms with E-state index in [0.29, 0.717) is 5.56 Å². The van der Waals surface area contributed by atoms with Crippen molar-refractivity contribution in [3.05, 3.63) is 77.9 Å². The summed E-state index contributed by atoms with van der Waals surface area (Å²) in [4.78, 5) is 30.0. The molecule has 0 aliphatic heterocycles. The maximum Gasteiger partial charge on any atom is 0.441 e. The van der Waals surface area contributed by atoms with Crippen molar-refractivity contribution >= 4 is 13.2 Å². The quantitative estimate of drug-likeness (QED) is 0.632. The highest BCUT2D eigenvalue weighted by atomic mass is 31.2. The smallest absolute Gasteiger partial charge is 0.189 e. The first-order valence-corrected chi connectivity index (χ1v) is 9.37. The molecule has 0 amide bonds. The fourth-order valence-corrected chi connectivity index (χ4v) is 3.85. The Bertz CT molecular complexity index is 882. The molecule has 3 N–H and O–H groups in total. The topological polar surface area (TPSA) is 60.7 Å². The van der Waals surface area contributed by atoms with E-state index in [-0.39, 0.29) is 5.30 Å². The molecule has 0 aromatic heterocycles. The first kappa shape index (κ1) is 16.8. The standard InChI is InChI=1S/C20H20O3P/c1-14-8-3-5-10-16(14)18-12-7-13-19(24(21,22)23)20(18)17-11-6-4-9-15(17)2/h3-13,21-23H,1-2H3/q+1. The largest absolute Gasteiger partial charge is 0.441 e. The van der Waals surface area contributed by atoms with Gasteiger partial charge in [-0.1, -0.05) is 60.7 Å². The first-order valence-electron chi connectivity index (χ1n) is 7.72. The molecule has 0 fully saturated rings. The number of aryl methyl sites for hydroxylation is 2. The molecule has 0 aliphatic rings. The van der Waals surface area contributed by atoms with Gasteiger partial charge in [-0.05, 0) is 47.7 Å². The Morgan fingerprint density at radius 2 is 1.08 bits per heavy atom. The van der Waals surface area contributed by atoms with Crippen molar-refractivity contribution in [1.29, 1.82) is 0 Å². The third-order valence-corrected chi connectivity index (χ3v) is 5.23. The predicted octanol–water partition coefficient (Wildman–Crippen LogP) is 4.00. The van der Waals surface area contributed by atoms with Crippen LogP contribution in [0.2, 0.25) is 0 Å². The van der Waals surface area contributed by atoms with Crippen molar-refractivity contribution in [2.24, 2.45) is 0 Å². The van der Waals surface area contributed by atoms with E-state index in [4.69, 9.17) is 0 Å². The van der Waals surface area contributed by atoms with Crippen molar-refractivity contribution in [2.45, 2.75) is 13.8 Å². The Labute approximate surface area is 142 Å². The number of hydrogen-bond acceptors (Lipinski definition) is 3. The maximum absolute atomic E-state index is 9.98. The van der Waals surface area contributed by atoms with E-state index in [1.165, 1.54) is 0 Å². The lowest BCUT2D eigenvalue weighted by Gasteiger charge is -2.17. The lowest BCUT2D eigenvalue weighted by molar-refractivity contribution is 0.347. The summed E-state index contributed by atoms with van der Waals surface area (Å²) in [5.41, 5.74) is 5.53. The van der Waals surface area contributed by atoms with Crippen molar-refractivity contribution in [2.75, 3.05) is 0 Å². The molecule has 0 unspecified atom stereocenters. The van der Waals surface area contributed by atoms with Crippen LogP contribution in [0.25, 0.3) is 22.3 Å². The van der Waals surface area contributed by atoms with Crippen LogP contribution in [0.1, 0.15) is 11.1 Å². The van der Waals surface area contributed by atoms with Crippen LogP contribution in [-0.2, 0) is 0 Å². The molecule has 122 valence electrons. The van der Waals surface area contributed by atoms with Gasteiger partial charge in [0.05, 0.1) is 0 Å². The van der Waals surface area contributed by atoms with Gasteiger partial charge in [-0.15, -0.1) is 0 Å². The zero-order valence-corrected chi connectivity index (χ0v) is 14.5. The Morgan fingerprint density at radius 1 is 0.583 bits per heavy atom. The second-order valence-corrected chi connectivity index (χ2v) is 7.52. The van der Waals surface area contributed by atoms with Crippen LogP contribution in [0.3, 0.4) is 0 Å². The van der Waals surface area contributed by atoms with Gasteiger partial charge in [-0.25, -0.2) is 0 Å². The fourth-order valence-electron chi connectivity index (χ4n) is 3.03. The van der Waals surface area contributed by atoms with Crippen LogP contribution in [0.5, 0.6) is 0 Å². The van der Waals surface area contributed by atoms with Gasteiger partial charge in [0.15, 0.2) is 5.30 Å². The molecule has 0 radical (unpaired) electrons. The monoisotopic (exact) mass is 339 g/mol. The van der Waals surface area contributed by atoms with Crippen molar-refractivity contribution in [1.82, 2.24) is 0 Å². The molecule has 4 heteroatoms. The van der Waals surface area contributed by atoms with Gasteiger partial charge in [0.2, 0.25) is 0 Å². The van der Waals surface area contributed by atoms with E-state index in [2.05, 4.69) is 0 Å². The summed E-state index contributed by atoms with van der Waals surface area (Å²) in [5.74, 6) is 0. The summed E-state index contributed by atoms with van der Waals surface area (Å²) >= 11 is 0. The van der Waals surface area contributed by atoms with Crippen LogP contribution in [-0.4, -0.2) is 14.7 Å². The zero-order chi connectivity index (χ0) is 17.3. The van der Waals surface area contributed by atoms with E-state index in [9.17, 15) is 14.7 Å². The Kier molecular flexibility index (Phi) is 4.53. The van der Waals surface area contributed by atoms with E-state index in [1.54, 1.807) is 12.1 Å². The molecule has 0 saturated heterocycles. The summed E-state index contributed by atoms with van der Waals surface area (Å²) in [5, 5.41) is 0.178. The average Bonchev–Trinajstić information content (AvgIpc) is 2.54.